The zero-order valence-corrected chi connectivity index (χ0v) is 18.0. The maximum atomic E-state index is 13.1. The molecule has 1 fully saturated rings. The molecule has 0 atom stereocenters. The highest BCUT2D eigenvalue weighted by Crippen LogP contribution is 2.40. The van der Waals surface area contributed by atoms with E-state index in [1.165, 1.54) is 28.4 Å². The molecule has 0 amide bonds. The van der Waals surface area contributed by atoms with E-state index < -0.39 is 0 Å². The van der Waals surface area contributed by atoms with Crippen LogP contribution < -0.4 is 18.9 Å². The van der Waals surface area contributed by atoms with Gasteiger partial charge in [0.05, 0.1) is 28.4 Å². The summed E-state index contributed by atoms with van der Waals surface area (Å²) in [5.74, 6) is 0.864. The third kappa shape index (κ3) is 4.60. The van der Waals surface area contributed by atoms with E-state index in [2.05, 4.69) is 0 Å². The van der Waals surface area contributed by atoms with Crippen LogP contribution >= 0.6 is 0 Å². The molecule has 7 heteroatoms. The molecule has 1 aliphatic rings. The maximum Gasteiger partial charge on any atom is 0.200 e. The highest BCUT2D eigenvalue weighted by atomic mass is 16.5. The van der Waals surface area contributed by atoms with Crippen molar-refractivity contribution in [2.24, 2.45) is 0 Å². The van der Waals surface area contributed by atoms with Gasteiger partial charge in [-0.1, -0.05) is 0 Å². The summed E-state index contributed by atoms with van der Waals surface area (Å²) in [6.45, 7) is 0. The predicted molar refractivity (Wildman–Crippen MR) is 117 cm³/mol. The van der Waals surface area contributed by atoms with Crippen LogP contribution in [0, 0.1) is 0 Å². The summed E-state index contributed by atoms with van der Waals surface area (Å²) in [5.41, 5.74) is 2.71. The van der Waals surface area contributed by atoms with Gasteiger partial charge in [0.15, 0.2) is 28.8 Å². The predicted octanol–water partition coefficient (Wildman–Crippen LogP) is 4.35. The lowest BCUT2D eigenvalue weighted by molar-refractivity contribution is -0.112. The number of carbonyl (C=O) groups excluding carboxylic acids is 1. The lowest BCUT2D eigenvalue weighted by Crippen LogP contribution is -2.12. The Labute approximate surface area is 181 Å². The molecular formula is C24H26O7. The number of rotatable bonds is 6. The topological polar surface area (TPSA) is 94.5 Å². The molecule has 2 aromatic rings. The number of hydrogen-bond acceptors (Lipinski definition) is 7. The Morgan fingerprint density at radius 3 is 1.29 bits per heavy atom. The number of phenolic OH excluding ortho intramolecular Hbond substituents is 2. The zero-order chi connectivity index (χ0) is 22.5. The van der Waals surface area contributed by atoms with E-state index >= 15 is 0 Å². The summed E-state index contributed by atoms with van der Waals surface area (Å²) >= 11 is 0. The van der Waals surface area contributed by atoms with E-state index in [0.29, 0.717) is 35.1 Å². The molecular weight excluding hydrogens is 400 g/mol. The van der Waals surface area contributed by atoms with Crippen molar-refractivity contribution in [3.8, 4) is 34.5 Å². The van der Waals surface area contributed by atoms with Crippen LogP contribution in [0.4, 0.5) is 0 Å². The minimum atomic E-state index is -0.0852. The van der Waals surface area contributed by atoms with Crippen LogP contribution in [0.5, 0.6) is 34.5 Å². The third-order valence-electron chi connectivity index (χ3n) is 5.16. The van der Waals surface area contributed by atoms with Gasteiger partial charge in [0.1, 0.15) is 0 Å². The van der Waals surface area contributed by atoms with Gasteiger partial charge in [-0.2, -0.15) is 0 Å². The van der Waals surface area contributed by atoms with Crippen LogP contribution in [-0.2, 0) is 4.79 Å². The van der Waals surface area contributed by atoms with Crippen LogP contribution in [0.25, 0.3) is 12.2 Å². The quantitative estimate of drug-likeness (QED) is 0.663. The molecule has 2 N–H and O–H groups in total. The molecule has 1 aliphatic carbocycles. The van der Waals surface area contributed by atoms with Gasteiger partial charge >= 0.3 is 0 Å². The van der Waals surface area contributed by atoms with Crippen LogP contribution in [0.15, 0.2) is 35.4 Å². The molecule has 164 valence electrons. The molecule has 31 heavy (non-hydrogen) atoms. The fourth-order valence-electron chi connectivity index (χ4n) is 3.57. The Kier molecular flexibility index (Phi) is 6.74. The first-order valence-electron chi connectivity index (χ1n) is 9.77. The van der Waals surface area contributed by atoms with Crippen LogP contribution in [-0.4, -0.2) is 44.4 Å². The smallest absolute Gasteiger partial charge is 0.200 e. The van der Waals surface area contributed by atoms with Crippen LogP contribution in [0.3, 0.4) is 0 Å². The fourth-order valence-corrected chi connectivity index (χ4v) is 3.57. The first-order chi connectivity index (χ1) is 14.9. The lowest BCUT2D eigenvalue weighted by atomic mass is 9.86. The summed E-state index contributed by atoms with van der Waals surface area (Å²) in [7, 11) is 5.83. The number of aromatic hydroxyl groups is 2. The van der Waals surface area contributed by atoms with Gasteiger partial charge in [-0.15, -0.1) is 0 Å². The molecule has 0 aliphatic heterocycles. The monoisotopic (exact) mass is 426 g/mol. The Morgan fingerprint density at radius 2 is 1.00 bits per heavy atom. The second-order valence-corrected chi connectivity index (χ2v) is 7.07. The van der Waals surface area contributed by atoms with Gasteiger partial charge in [0.25, 0.3) is 0 Å². The summed E-state index contributed by atoms with van der Waals surface area (Å²) in [5, 5.41) is 20.2. The van der Waals surface area contributed by atoms with Gasteiger partial charge in [-0.05, 0) is 66.8 Å². The number of Topliss-reactive ketones (excluding diaryl/α,β-unsaturated/α-hetero) is 1. The van der Waals surface area contributed by atoms with E-state index in [4.69, 9.17) is 18.9 Å². The van der Waals surface area contributed by atoms with Gasteiger partial charge in [-0.25, -0.2) is 0 Å². The van der Waals surface area contributed by atoms with Gasteiger partial charge in [-0.3, -0.25) is 4.79 Å². The highest BCUT2D eigenvalue weighted by molar-refractivity contribution is 6.14. The van der Waals surface area contributed by atoms with Crippen molar-refractivity contribution in [1.29, 1.82) is 0 Å². The van der Waals surface area contributed by atoms with Crippen molar-refractivity contribution in [2.45, 2.75) is 19.3 Å². The SMILES string of the molecule is COc1cc(/C=C2\CCC/C(=C\c3cc(OC)c(O)c(OC)c3)C2=O)cc(OC)c1O. The second kappa shape index (κ2) is 9.47. The van der Waals surface area contributed by atoms with Crippen molar-refractivity contribution in [1.82, 2.24) is 0 Å². The van der Waals surface area contributed by atoms with Crippen molar-refractivity contribution >= 4 is 17.9 Å². The van der Waals surface area contributed by atoms with E-state index in [1.54, 1.807) is 36.4 Å². The summed E-state index contributed by atoms with van der Waals surface area (Å²) < 4.78 is 20.8. The molecule has 2 aromatic carbocycles. The molecule has 3 rings (SSSR count). The molecule has 1 saturated carbocycles. The third-order valence-corrected chi connectivity index (χ3v) is 5.16. The van der Waals surface area contributed by atoms with E-state index in [0.717, 1.165) is 6.42 Å². The van der Waals surface area contributed by atoms with Crippen molar-refractivity contribution in [2.75, 3.05) is 28.4 Å². The number of allylic oxidation sites excluding steroid dienone is 2. The Morgan fingerprint density at radius 1 is 0.677 bits per heavy atom. The first kappa shape index (κ1) is 22.1. The van der Waals surface area contributed by atoms with Gasteiger partial charge < -0.3 is 29.2 Å². The summed E-state index contributed by atoms with van der Waals surface area (Å²) in [6.07, 6.45) is 5.69. The first-order valence-corrected chi connectivity index (χ1v) is 9.77. The number of hydrogen-bond donors (Lipinski definition) is 2. The zero-order valence-electron chi connectivity index (χ0n) is 18.0. The number of carbonyl (C=O) groups is 1. The summed E-state index contributed by atoms with van der Waals surface area (Å²) in [6, 6.07) is 6.63. The molecule has 0 aromatic heterocycles. The fraction of sp³-hybridized carbons (Fsp3) is 0.292. The van der Waals surface area contributed by atoms with Crippen molar-refractivity contribution < 1.29 is 34.0 Å². The standard InChI is InChI=1S/C24H26O7/c1-28-18-10-14(11-19(29-2)23(18)26)8-16-6-5-7-17(22(16)25)9-15-12-20(30-3)24(27)21(13-15)31-4/h8-13,26-27H,5-7H2,1-4H3/b16-8+,17-9+. The Bertz CT molecular complexity index is 918. The lowest BCUT2D eigenvalue weighted by Gasteiger charge is -2.17. The number of benzene rings is 2. The molecule has 0 heterocycles. The minimum Gasteiger partial charge on any atom is -0.502 e. The van der Waals surface area contributed by atoms with Crippen LogP contribution in [0.1, 0.15) is 30.4 Å². The van der Waals surface area contributed by atoms with E-state index in [9.17, 15) is 15.0 Å². The molecule has 0 bridgehead atoms. The Hall–Kier alpha value is -3.61. The number of ketones is 1. The largest absolute Gasteiger partial charge is 0.502 e. The van der Waals surface area contributed by atoms with E-state index in [-0.39, 0.29) is 40.3 Å². The normalized spacial score (nSPS) is 16.5. The molecule has 0 spiro atoms. The van der Waals surface area contributed by atoms with Crippen molar-refractivity contribution in [3.63, 3.8) is 0 Å². The van der Waals surface area contributed by atoms with Crippen LogP contribution in [0.2, 0.25) is 0 Å². The molecule has 0 unspecified atom stereocenters. The molecule has 0 saturated heterocycles. The molecule has 7 nitrogen and oxygen atoms in total. The highest BCUT2D eigenvalue weighted by Gasteiger charge is 2.22. The van der Waals surface area contributed by atoms with Gasteiger partial charge in [0.2, 0.25) is 11.5 Å². The van der Waals surface area contributed by atoms with E-state index in [1.807, 2.05) is 0 Å². The average Bonchev–Trinajstić information content (AvgIpc) is 2.78. The number of methoxy groups -OCH3 is 4. The number of ether oxygens (including phenoxy) is 4. The second-order valence-electron chi connectivity index (χ2n) is 7.07. The van der Waals surface area contributed by atoms with Crippen molar-refractivity contribution in [3.05, 3.63) is 46.5 Å². The number of phenols is 2. The maximum absolute atomic E-state index is 13.1. The Balaban J connectivity index is 1.97. The average molecular weight is 426 g/mol. The van der Waals surface area contributed by atoms with Gasteiger partial charge in [0, 0.05) is 11.1 Å². The molecule has 0 radical (unpaired) electrons. The summed E-state index contributed by atoms with van der Waals surface area (Å²) in [4.78, 5) is 13.1. The minimum absolute atomic E-state index is 0.0525.